The van der Waals surface area contributed by atoms with E-state index in [1.54, 1.807) is 0 Å². The highest BCUT2D eigenvalue weighted by Gasteiger charge is 2.27. The molecule has 29 heavy (non-hydrogen) atoms. The van der Waals surface area contributed by atoms with Gasteiger partial charge in [-0.2, -0.15) is 18.2 Å². The number of nitrogens with one attached hydrogen (secondary N) is 2. The predicted molar refractivity (Wildman–Crippen MR) is 97.1 cm³/mol. The minimum Gasteiger partial charge on any atom is -0.463 e. The molecule has 2 aromatic rings. The van der Waals surface area contributed by atoms with Crippen molar-refractivity contribution in [3.8, 4) is 6.01 Å². The molecule has 0 fully saturated rings. The number of hydrogen-bond acceptors (Lipinski definition) is 7. The number of ether oxygens (including phenoxy) is 1. The van der Waals surface area contributed by atoms with Crippen molar-refractivity contribution in [2.45, 2.75) is 12.6 Å². The van der Waals surface area contributed by atoms with Crippen molar-refractivity contribution in [2.75, 3.05) is 29.0 Å². The lowest BCUT2D eigenvalue weighted by molar-refractivity contribution is -0.139. The Morgan fingerprint density at radius 3 is 2.48 bits per heavy atom. The summed E-state index contributed by atoms with van der Waals surface area (Å²) in [5, 5.41) is 11.1. The van der Waals surface area contributed by atoms with Gasteiger partial charge in [-0.25, -0.2) is 13.4 Å². The minimum absolute atomic E-state index is 0.0136. The zero-order chi connectivity index (χ0) is 21.5. The normalized spacial score (nSPS) is 11.7. The van der Waals surface area contributed by atoms with E-state index in [1.807, 2.05) is 0 Å². The maximum absolute atomic E-state index is 12.2. The molecule has 0 bridgehead atoms. The third-order valence-electron chi connectivity index (χ3n) is 3.27. The van der Waals surface area contributed by atoms with Crippen LogP contribution in [-0.4, -0.2) is 54.5 Å². The molecule has 0 saturated heterocycles. The molecule has 0 unspecified atom stereocenters. The van der Waals surface area contributed by atoms with Crippen molar-refractivity contribution >= 4 is 27.4 Å². The van der Waals surface area contributed by atoms with E-state index in [2.05, 4.69) is 20.0 Å². The van der Waals surface area contributed by atoms with Crippen LogP contribution >= 0.6 is 0 Å². The molecule has 0 radical (unpaired) electrons. The van der Waals surface area contributed by atoms with E-state index >= 15 is 0 Å². The molecule has 0 aliphatic heterocycles. The van der Waals surface area contributed by atoms with Crippen molar-refractivity contribution in [1.29, 1.82) is 0 Å². The number of nitrogens with zero attached hydrogens (tertiary/aromatic N) is 2. The number of carbonyl (C=O) groups is 1. The van der Waals surface area contributed by atoms with Gasteiger partial charge in [-0.1, -0.05) is 0 Å². The van der Waals surface area contributed by atoms with Crippen LogP contribution in [0.4, 0.5) is 24.7 Å². The molecular weight excluding hydrogens is 417 g/mol. The number of sulfonamides is 1. The second-order valence-electron chi connectivity index (χ2n) is 5.61. The standard InChI is InChI=1S/C16H17F3N4O5S/c17-16(18,19)6-9-28-15-20-7-5-13(22-15)21-14(25)11-1-3-12(4-2-11)23-29(26,27)10-8-24/h1-5,7,23-24H,6,8-10H2,(H,20,21,22,25). The quantitative estimate of drug-likeness (QED) is 0.549. The molecule has 2 rings (SSSR count). The van der Waals surface area contributed by atoms with Gasteiger partial charge < -0.3 is 15.2 Å². The highest BCUT2D eigenvalue weighted by molar-refractivity contribution is 7.92. The van der Waals surface area contributed by atoms with Crippen LogP contribution in [0.5, 0.6) is 6.01 Å². The smallest absolute Gasteiger partial charge is 0.392 e. The molecule has 9 nitrogen and oxygen atoms in total. The van der Waals surface area contributed by atoms with Crippen LogP contribution in [0.3, 0.4) is 0 Å². The number of amides is 1. The second kappa shape index (κ2) is 9.52. The molecule has 1 aromatic heterocycles. The Kier molecular flexibility index (Phi) is 7.34. The van der Waals surface area contributed by atoms with E-state index in [-0.39, 0.29) is 23.1 Å². The summed E-state index contributed by atoms with van der Waals surface area (Å²) >= 11 is 0. The van der Waals surface area contributed by atoms with E-state index in [0.29, 0.717) is 0 Å². The lowest BCUT2D eigenvalue weighted by Gasteiger charge is -2.09. The third kappa shape index (κ3) is 7.91. The Morgan fingerprint density at radius 2 is 1.86 bits per heavy atom. The van der Waals surface area contributed by atoms with Gasteiger partial charge >= 0.3 is 12.2 Å². The van der Waals surface area contributed by atoms with Gasteiger partial charge in [0.15, 0.2) is 0 Å². The van der Waals surface area contributed by atoms with Gasteiger partial charge in [-0.15, -0.1) is 0 Å². The highest BCUT2D eigenvalue weighted by Crippen LogP contribution is 2.20. The van der Waals surface area contributed by atoms with E-state index in [1.165, 1.54) is 36.5 Å². The summed E-state index contributed by atoms with van der Waals surface area (Å²) in [6, 6.07) is 6.43. The predicted octanol–water partition coefficient (Wildman–Crippen LogP) is 1.79. The minimum atomic E-state index is -4.37. The van der Waals surface area contributed by atoms with Gasteiger partial charge in [0, 0.05) is 17.4 Å². The van der Waals surface area contributed by atoms with Gasteiger partial charge in [-0.3, -0.25) is 9.52 Å². The Bertz CT molecular complexity index is 936. The fraction of sp³-hybridized carbons (Fsp3) is 0.312. The second-order valence-corrected chi connectivity index (χ2v) is 7.46. The van der Waals surface area contributed by atoms with Gasteiger partial charge in [0.25, 0.3) is 5.91 Å². The monoisotopic (exact) mass is 434 g/mol. The number of rotatable bonds is 9. The first-order valence-electron chi connectivity index (χ1n) is 8.13. The van der Waals surface area contributed by atoms with E-state index < -0.39 is 47.5 Å². The summed E-state index contributed by atoms with van der Waals surface area (Å²) in [6.45, 7) is -1.19. The largest absolute Gasteiger partial charge is 0.463 e. The topological polar surface area (TPSA) is 131 Å². The summed E-state index contributed by atoms with van der Waals surface area (Å²) in [5.74, 6) is -1.04. The van der Waals surface area contributed by atoms with Gasteiger partial charge in [-0.05, 0) is 30.3 Å². The zero-order valence-corrected chi connectivity index (χ0v) is 15.6. The summed E-state index contributed by atoms with van der Waals surface area (Å²) in [6.07, 6.45) is -4.32. The molecule has 0 aliphatic carbocycles. The molecule has 1 amide bonds. The number of benzene rings is 1. The molecule has 0 spiro atoms. The maximum atomic E-state index is 12.2. The average Bonchev–Trinajstić information content (AvgIpc) is 2.61. The number of hydrogen-bond donors (Lipinski definition) is 3. The van der Waals surface area contributed by atoms with Gasteiger partial charge in [0.2, 0.25) is 10.0 Å². The Hall–Kier alpha value is -2.93. The molecule has 0 saturated carbocycles. The van der Waals surface area contributed by atoms with Crippen molar-refractivity contribution in [1.82, 2.24) is 9.97 Å². The molecule has 13 heteroatoms. The molecule has 1 aromatic carbocycles. The van der Waals surface area contributed by atoms with Crippen LogP contribution in [-0.2, 0) is 10.0 Å². The first kappa shape index (κ1) is 22.4. The van der Waals surface area contributed by atoms with Crippen LogP contribution in [0, 0.1) is 0 Å². The summed E-state index contributed by atoms with van der Waals surface area (Å²) < 4.78 is 66.6. The first-order valence-corrected chi connectivity index (χ1v) is 9.78. The summed E-state index contributed by atoms with van der Waals surface area (Å²) in [5.41, 5.74) is 0.380. The number of aliphatic hydroxyl groups excluding tert-OH is 1. The fourth-order valence-electron chi connectivity index (χ4n) is 1.97. The Balaban J connectivity index is 1.97. The summed E-state index contributed by atoms with van der Waals surface area (Å²) in [4.78, 5) is 19.7. The van der Waals surface area contributed by atoms with E-state index in [4.69, 9.17) is 9.84 Å². The molecule has 0 aliphatic rings. The number of halogens is 3. The maximum Gasteiger partial charge on any atom is 0.392 e. The Morgan fingerprint density at radius 1 is 1.17 bits per heavy atom. The van der Waals surface area contributed by atoms with Crippen LogP contribution in [0.25, 0.3) is 0 Å². The zero-order valence-electron chi connectivity index (χ0n) is 14.8. The van der Waals surface area contributed by atoms with Crippen LogP contribution in [0.15, 0.2) is 36.5 Å². The van der Waals surface area contributed by atoms with Crippen molar-refractivity contribution in [3.63, 3.8) is 0 Å². The van der Waals surface area contributed by atoms with Crippen LogP contribution in [0.1, 0.15) is 16.8 Å². The van der Waals surface area contributed by atoms with Crippen molar-refractivity contribution < 1.29 is 36.2 Å². The molecule has 0 atom stereocenters. The lowest BCUT2D eigenvalue weighted by atomic mass is 10.2. The lowest BCUT2D eigenvalue weighted by Crippen LogP contribution is -2.19. The number of anilines is 2. The van der Waals surface area contributed by atoms with Gasteiger partial charge in [0.05, 0.1) is 18.8 Å². The van der Waals surface area contributed by atoms with Gasteiger partial charge in [0.1, 0.15) is 12.4 Å². The van der Waals surface area contributed by atoms with E-state index in [0.717, 1.165) is 0 Å². The van der Waals surface area contributed by atoms with Crippen LogP contribution < -0.4 is 14.8 Å². The van der Waals surface area contributed by atoms with E-state index in [9.17, 15) is 26.4 Å². The SMILES string of the molecule is O=C(Nc1ccnc(OCCC(F)(F)F)n1)c1ccc(NS(=O)(=O)CCO)cc1. The van der Waals surface area contributed by atoms with Crippen LogP contribution in [0.2, 0.25) is 0 Å². The number of aromatic nitrogens is 2. The molecule has 158 valence electrons. The third-order valence-corrected chi connectivity index (χ3v) is 4.54. The average molecular weight is 434 g/mol. The Labute approximate surface area is 164 Å². The molecular formula is C16H17F3N4O5S. The highest BCUT2D eigenvalue weighted by atomic mass is 32.2. The number of carbonyl (C=O) groups excluding carboxylic acids is 1. The molecule has 1 heterocycles. The van der Waals surface area contributed by atoms with Crippen molar-refractivity contribution in [2.24, 2.45) is 0 Å². The first-order chi connectivity index (χ1) is 13.6. The van der Waals surface area contributed by atoms with Crippen molar-refractivity contribution in [3.05, 3.63) is 42.1 Å². The number of aliphatic hydroxyl groups is 1. The summed E-state index contributed by atoms with van der Waals surface area (Å²) in [7, 11) is -3.69. The molecule has 3 N–H and O–H groups in total. The fourth-order valence-corrected chi connectivity index (χ4v) is 2.80. The number of alkyl halides is 3.